The quantitative estimate of drug-likeness (QED) is 0.534. The van der Waals surface area contributed by atoms with Crippen molar-refractivity contribution in [3.63, 3.8) is 0 Å². The van der Waals surface area contributed by atoms with E-state index in [1.165, 1.54) is 13.2 Å². The zero-order chi connectivity index (χ0) is 14.3. The van der Waals surface area contributed by atoms with Gasteiger partial charge >= 0.3 is 5.69 Å². The SMILES string of the molecule is CCN(CC)CCOc1c(OC)cccc1[N+](=O)[O-]. The summed E-state index contributed by atoms with van der Waals surface area (Å²) in [5, 5.41) is 11.0. The molecule has 0 bridgehead atoms. The Morgan fingerprint density at radius 2 is 2.00 bits per heavy atom. The molecule has 0 aliphatic carbocycles. The molecule has 0 atom stereocenters. The summed E-state index contributed by atoms with van der Waals surface area (Å²) >= 11 is 0. The molecule has 106 valence electrons. The van der Waals surface area contributed by atoms with Crippen molar-refractivity contribution < 1.29 is 14.4 Å². The van der Waals surface area contributed by atoms with E-state index in [-0.39, 0.29) is 11.4 Å². The fourth-order valence-electron chi connectivity index (χ4n) is 1.77. The first-order valence-electron chi connectivity index (χ1n) is 6.30. The summed E-state index contributed by atoms with van der Waals surface area (Å²) in [6.07, 6.45) is 0. The van der Waals surface area contributed by atoms with E-state index in [2.05, 4.69) is 18.7 Å². The Kier molecular flexibility index (Phi) is 6.08. The van der Waals surface area contributed by atoms with Gasteiger partial charge in [-0.25, -0.2) is 0 Å². The molecule has 0 heterocycles. The van der Waals surface area contributed by atoms with Crippen LogP contribution >= 0.6 is 0 Å². The summed E-state index contributed by atoms with van der Waals surface area (Å²) in [7, 11) is 1.47. The number of benzene rings is 1. The van der Waals surface area contributed by atoms with Gasteiger partial charge in [-0.3, -0.25) is 10.1 Å². The van der Waals surface area contributed by atoms with Crippen LogP contribution in [0.25, 0.3) is 0 Å². The molecule has 0 saturated carbocycles. The molecule has 0 N–H and O–H groups in total. The molecule has 0 amide bonds. The number of hydrogen-bond acceptors (Lipinski definition) is 5. The van der Waals surface area contributed by atoms with E-state index in [0.717, 1.165) is 19.6 Å². The molecular weight excluding hydrogens is 248 g/mol. The third-order valence-electron chi connectivity index (χ3n) is 2.92. The monoisotopic (exact) mass is 268 g/mol. The summed E-state index contributed by atoms with van der Waals surface area (Å²) in [6.45, 7) is 7.09. The fourth-order valence-corrected chi connectivity index (χ4v) is 1.77. The molecule has 0 spiro atoms. The van der Waals surface area contributed by atoms with Crippen LogP contribution in [-0.4, -0.2) is 43.2 Å². The molecule has 1 aromatic rings. The van der Waals surface area contributed by atoms with Crippen molar-refractivity contribution in [3.05, 3.63) is 28.3 Å². The third kappa shape index (κ3) is 4.10. The van der Waals surface area contributed by atoms with Gasteiger partial charge in [-0.2, -0.15) is 0 Å². The normalized spacial score (nSPS) is 10.5. The van der Waals surface area contributed by atoms with Gasteiger partial charge in [0.2, 0.25) is 5.75 Å². The zero-order valence-corrected chi connectivity index (χ0v) is 11.6. The van der Waals surface area contributed by atoms with Crippen molar-refractivity contribution in [2.24, 2.45) is 0 Å². The highest BCUT2D eigenvalue weighted by Gasteiger charge is 2.19. The van der Waals surface area contributed by atoms with Crippen LogP contribution in [0.15, 0.2) is 18.2 Å². The van der Waals surface area contributed by atoms with Crippen LogP contribution in [0.5, 0.6) is 11.5 Å². The van der Waals surface area contributed by atoms with Gasteiger partial charge in [0, 0.05) is 12.6 Å². The van der Waals surface area contributed by atoms with Gasteiger partial charge in [0.15, 0.2) is 5.75 Å². The largest absolute Gasteiger partial charge is 0.493 e. The smallest absolute Gasteiger partial charge is 0.314 e. The first-order valence-corrected chi connectivity index (χ1v) is 6.30. The molecule has 0 aliphatic rings. The van der Waals surface area contributed by atoms with E-state index in [4.69, 9.17) is 9.47 Å². The van der Waals surface area contributed by atoms with Gasteiger partial charge in [0.25, 0.3) is 0 Å². The van der Waals surface area contributed by atoms with Gasteiger partial charge < -0.3 is 14.4 Å². The van der Waals surface area contributed by atoms with Crippen LogP contribution in [0, 0.1) is 10.1 Å². The Labute approximate surface area is 113 Å². The predicted molar refractivity (Wildman–Crippen MR) is 72.9 cm³/mol. The molecule has 6 heteroatoms. The Bertz CT molecular complexity index is 419. The second-order valence-corrected chi connectivity index (χ2v) is 3.94. The lowest BCUT2D eigenvalue weighted by Gasteiger charge is -2.18. The van der Waals surface area contributed by atoms with Crippen molar-refractivity contribution in [3.8, 4) is 11.5 Å². The van der Waals surface area contributed by atoms with Crippen molar-refractivity contribution in [2.45, 2.75) is 13.8 Å². The van der Waals surface area contributed by atoms with Crippen molar-refractivity contribution >= 4 is 5.69 Å². The summed E-state index contributed by atoms with van der Waals surface area (Å²) in [5.41, 5.74) is -0.0705. The molecule has 6 nitrogen and oxygen atoms in total. The Hall–Kier alpha value is -1.82. The van der Waals surface area contributed by atoms with E-state index in [1.807, 2.05) is 0 Å². The van der Waals surface area contributed by atoms with E-state index < -0.39 is 4.92 Å². The number of nitro groups is 1. The summed E-state index contributed by atoms with van der Waals surface area (Å²) in [4.78, 5) is 12.7. The van der Waals surface area contributed by atoms with Gasteiger partial charge in [0.05, 0.1) is 12.0 Å². The number of nitro benzene ring substituents is 1. The number of likely N-dealkylation sites (N-methyl/N-ethyl adjacent to an activating group) is 1. The average molecular weight is 268 g/mol. The lowest BCUT2D eigenvalue weighted by molar-refractivity contribution is -0.386. The maximum absolute atomic E-state index is 11.0. The minimum Gasteiger partial charge on any atom is -0.493 e. The van der Waals surface area contributed by atoms with E-state index in [1.54, 1.807) is 12.1 Å². The second-order valence-electron chi connectivity index (χ2n) is 3.94. The fraction of sp³-hybridized carbons (Fsp3) is 0.538. The highest BCUT2D eigenvalue weighted by Crippen LogP contribution is 2.36. The van der Waals surface area contributed by atoms with Gasteiger partial charge in [-0.05, 0) is 19.2 Å². The molecule has 0 aromatic heterocycles. The lowest BCUT2D eigenvalue weighted by Crippen LogP contribution is -2.28. The number of nitrogens with zero attached hydrogens (tertiary/aromatic N) is 2. The second kappa shape index (κ2) is 7.58. The average Bonchev–Trinajstić information content (AvgIpc) is 2.43. The van der Waals surface area contributed by atoms with Gasteiger partial charge in [-0.1, -0.05) is 19.9 Å². The number of methoxy groups -OCH3 is 1. The highest BCUT2D eigenvalue weighted by atomic mass is 16.6. The number of para-hydroxylation sites is 1. The highest BCUT2D eigenvalue weighted by molar-refractivity contribution is 5.55. The zero-order valence-electron chi connectivity index (χ0n) is 11.6. The maximum atomic E-state index is 11.0. The van der Waals surface area contributed by atoms with Crippen LogP contribution in [-0.2, 0) is 0 Å². The number of hydrogen-bond donors (Lipinski definition) is 0. The van der Waals surface area contributed by atoms with Crippen LogP contribution < -0.4 is 9.47 Å². The van der Waals surface area contributed by atoms with E-state index in [0.29, 0.717) is 12.4 Å². The molecular formula is C13H20N2O4. The van der Waals surface area contributed by atoms with Gasteiger partial charge in [-0.15, -0.1) is 0 Å². The third-order valence-corrected chi connectivity index (χ3v) is 2.92. The van der Waals surface area contributed by atoms with Crippen molar-refractivity contribution in [2.75, 3.05) is 33.4 Å². The summed E-state index contributed by atoms with van der Waals surface area (Å²) in [5.74, 6) is 0.580. The Balaban J connectivity index is 2.78. The topological polar surface area (TPSA) is 64.8 Å². The minimum absolute atomic E-state index is 0.0705. The van der Waals surface area contributed by atoms with Crippen LogP contribution in [0.2, 0.25) is 0 Å². The first-order chi connectivity index (χ1) is 9.13. The lowest BCUT2D eigenvalue weighted by atomic mass is 10.2. The maximum Gasteiger partial charge on any atom is 0.314 e. The molecule has 0 radical (unpaired) electrons. The van der Waals surface area contributed by atoms with Gasteiger partial charge in [0.1, 0.15) is 6.61 Å². The van der Waals surface area contributed by atoms with Crippen molar-refractivity contribution in [1.82, 2.24) is 4.90 Å². The molecule has 0 unspecified atom stereocenters. The molecule has 0 saturated heterocycles. The van der Waals surface area contributed by atoms with Crippen LogP contribution in [0.3, 0.4) is 0 Å². The molecule has 1 aromatic carbocycles. The van der Waals surface area contributed by atoms with Crippen molar-refractivity contribution in [1.29, 1.82) is 0 Å². The van der Waals surface area contributed by atoms with Crippen LogP contribution in [0.1, 0.15) is 13.8 Å². The Morgan fingerprint density at radius 3 is 2.53 bits per heavy atom. The molecule has 0 fully saturated rings. The standard InChI is InChI=1S/C13H20N2O4/c1-4-14(5-2)9-10-19-13-11(15(16)17)7-6-8-12(13)18-3/h6-8H,4-5,9-10H2,1-3H3. The minimum atomic E-state index is -0.463. The molecule has 0 aliphatic heterocycles. The summed E-state index contributed by atoms with van der Waals surface area (Å²) < 4.78 is 10.6. The van der Waals surface area contributed by atoms with Crippen LogP contribution in [0.4, 0.5) is 5.69 Å². The molecule has 1 rings (SSSR count). The van der Waals surface area contributed by atoms with E-state index >= 15 is 0 Å². The predicted octanol–water partition coefficient (Wildman–Crippen LogP) is 2.32. The summed E-state index contributed by atoms with van der Waals surface area (Å²) in [6, 6.07) is 4.64. The molecule has 19 heavy (non-hydrogen) atoms. The van der Waals surface area contributed by atoms with E-state index in [9.17, 15) is 10.1 Å². The number of ether oxygens (including phenoxy) is 2. The first kappa shape index (κ1) is 15.2. The Morgan fingerprint density at radius 1 is 1.32 bits per heavy atom. The number of rotatable bonds is 8.